The normalized spacial score (nSPS) is 18.4. The summed E-state index contributed by atoms with van der Waals surface area (Å²) in [6, 6.07) is 59.7. The molecule has 1 heterocycles. The highest BCUT2D eigenvalue weighted by Gasteiger charge is 2.48. The number of rotatable bonds is 37. The van der Waals surface area contributed by atoms with Crippen molar-refractivity contribution >= 4 is 0 Å². The van der Waals surface area contributed by atoms with Crippen LogP contribution in [0.3, 0.4) is 0 Å². The molecule has 0 aromatic heterocycles. The lowest BCUT2D eigenvalue weighted by molar-refractivity contribution is -0.274. The van der Waals surface area contributed by atoms with E-state index in [9.17, 15) is 0 Å². The molecule has 8 heteroatoms. The Balaban J connectivity index is 1.16. The molecule has 8 nitrogen and oxygen atoms in total. The molecule has 7 rings (SSSR count). The predicted molar refractivity (Wildman–Crippen MR) is 306 cm³/mol. The van der Waals surface area contributed by atoms with Gasteiger partial charge in [-0.3, -0.25) is 0 Å². The summed E-state index contributed by atoms with van der Waals surface area (Å²) >= 11 is 0. The molecule has 76 heavy (non-hydrogen) atoms. The topological polar surface area (TPSA) is 73.8 Å². The van der Waals surface area contributed by atoms with Gasteiger partial charge in [0.2, 0.25) is 0 Å². The summed E-state index contributed by atoms with van der Waals surface area (Å²) in [4.78, 5) is 0. The lowest BCUT2D eigenvalue weighted by Gasteiger charge is -2.46. The third-order valence-corrected chi connectivity index (χ3v) is 14.3. The van der Waals surface area contributed by atoms with Gasteiger partial charge in [-0.15, -0.1) is 0 Å². The molecule has 406 valence electrons. The van der Waals surface area contributed by atoms with Crippen molar-refractivity contribution in [2.75, 3.05) is 13.7 Å². The van der Waals surface area contributed by atoms with Gasteiger partial charge in [-0.2, -0.15) is 0 Å². The monoisotopic (exact) mass is 1030 g/mol. The summed E-state index contributed by atoms with van der Waals surface area (Å²) in [6.45, 7) is 5.00. The summed E-state index contributed by atoms with van der Waals surface area (Å²) in [6.07, 6.45) is 18.1. The van der Waals surface area contributed by atoms with Crippen LogP contribution in [-0.2, 0) is 72.8 Å². The lowest BCUT2D eigenvalue weighted by atomic mass is 9.90. The molecular weight excluding hydrogens is 945 g/mol. The molecule has 6 aromatic rings. The van der Waals surface area contributed by atoms with Crippen LogP contribution in [0.15, 0.2) is 188 Å². The average Bonchev–Trinajstić information content (AvgIpc) is 3.48. The number of hydrogen-bond acceptors (Lipinski definition) is 8. The largest absolute Gasteiger partial charge is 0.497 e. The third-order valence-electron chi connectivity index (χ3n) is 14.3. The molecule has 0 spiro atoms. The maximum absolute atomic E-state index is 7.36. The quantitative estimate of drug-likeness (QED) is 0.0282. The van der Waals surface area contributed by atoms with Gasteiger partial charge in [0.05, 0.1) is 65.6 Å². The number of hydrogen-bond donors (Lipinski definition) is 0. The van der Waals surface area contributed by atoms with E-state index in [-0.39, 0.29) is 12.2 Å². The predicted octanol–water partition coefficient (Wildman–Crippen LogP) is 15.9. The Morgan fingerprint density at radius 1 is 0.434 bits per heavy atom. The maximum Gasteiger partial charge on any atom is 0.118 e. The minimum Gasteiger partial charge on any atom is -0.497 e. The van der Waals surface area contributed by atoms with Gasteiger partial charge >= 0.3 is 0 Å². The molecule has 0 saturated carbocycles. The van der Waals surface area contributed by atoms with E-state index in [2.05, 4.69) is 104 Å². The maximum atomic E-state index is 7.36. The zero-order chi connectivity index (χ0) is 52.5. The van der Waals surface area contributed by atoms with Crippen LogP contribution < -0.4 is 4.74 Å². The number of ether oxygens (including phenoxy) is 8. The molecule has 1 fully saturated rings. The minimum absolute atomic E-state index is 0.295. The van der Waals surface area contributed by atoms with Crippen molar-refractivity contribution in [2.24, 2.45) is 0 Å². The van der Waals surface area contributed by atoms with Gasteiger partial charge in [-0.25, -0.2) is 0 Å². The van der Waals surface area contributed by atoms with Crippen molar-refractivity contribution < 1.29 is 37.9 Å². The minimum atomic E-state index is -0.528. The van der Waals surface area contributed by atoms with Crippen molar-refractivity contribution in [3.05, 3.63) is 221 Å². The van der Waals surface area contributed by atoms with Gasteiger partial charge in [0.1, 0.15) is 36.3 Å². The average molecular weight is 1030 g/mol. The molecule has 1 saturated heterocycles. The van der Waals surface area contributed by atoms with Gasteiger partial charge in [-0.1, -0.05) is 247 Å². The van der Waals surface area contributed by atoms with Crippen molar-refractivity contribution in [3.8, 4) is 5.75 Å². The molecule has 1 aliphatic rings. The molecule has 0 unspecified atom stereocenters. The van der Waals surface area contributed by atoms with E-state index in [1.165, 1.54) is 64.2 Å². The summed E-state index contributed by atoms with van der Waals surface area (Å²) in [7, 11) is 1.69. The van der Waals surface area contributed by atoms with Crippen LogP contribution in [0, 0.1) is 0 Å². The van der Waals surface area contributed by atoms with Crippen LogP contribution in [0.5, 0.6) is 5.75 Å². The van der Waals surface area contributed by atoms with E-state index in [1.54, 1.807) is 7.11 Å². The van der Waals surface area contributed by atoms with E-state index in [4.69, 9.17) is 37.9 Å². The number of unbranched alkanes of at least 4 members (excludes halogenated alkanes) is 11. The fourth-order valence-electron chi connectivity index (χ4n) is 9.92. The van der Waals surface area contributed by atoms with Crippen molar-refractivity contribution in [2.45, 2.75) is 179 Å². The molecule has 0 aliphatic carbocycles. The van der Waals surface area contributed by atoms with Crippen LogP contribution in [0.1, 0.15) is 130 Å². The first kappa shape index (κ1) is 58.3. The summed E-state index contributed by atoms with van der Waals surface area (Å²) < 4.78 is 54.7. The van der Waals surface area contributed by atoms with Crippen LogP contribution in [-0.4, -0.2) is 56.4 Å². The lowest BCUT2D eigenvalue weighted by Crippen LogP contribution is -2.61. The van der Waals surface area contributed by atoms with Gasteiger partial charge in [0.15, 0.2) is 0 Å². The first-order chi connectivity index (χ1) is 37.6. The smallest absolute Gasteiger partial charge is 0.118 e. The summed E-state index contributed by atoms with van der Waals surface area (Å²) in [5.74, 6) is 0.808. The SMILES string of the molecule is CCCCCCCCCCCCC/C=C/[C@@H](OCc1ccccc1)[C@@H](CC[C@@H]1O[C@H](COCc2ccccc2)[C@H](OCc2ccccc2)[C@H](OCc2ccccc2)[C@H]1OCc1ccccc1)OCc1ccc(OC)cc1. The molecule has 6 aromatic carbocycles. The fourth-order valence-corrected chi connectivity index (χ4v) is 9.92. The zero-order valence-corrected chi connectivity index (χ0v) is 45.6. The highest BCUT2D eigenvalue weighted by Crippen LogP contribution is 2.34. The molecule has 0 bridgehead atoms. The van der Waals surface area contributed by atoms with E-state index >= 15 is 0 Å². The Hall–Kier alpha value is -5.42. The summed E-state index contributed by atoms with van der Waals surface area (Å²) in [5.41, 5.74) is 6.45. The second kappa shape index (κ2) is 35.1. The molecule has 7 atom stereocenters. The van der Waals surface area contributed by atoms with E-state index in [1.807, 2.05) is 91.0 Å². The Kier molecular flexibility index (Phi) is 26.9. The Morgan fingerprint density at radius 3 is 1.36 bits per heavy atom. The number of allylic oxidation sites excluding steroid dienone is 1. The third kappa shape index (κ3) is 21.2. The first-order valence-corrected chi connectivity index (χ1v) is 28.5. The zero-order valence-electron chi connectivity index (χ0n) is 45.6. The highest BCUT2D eigenvalue weighted by molar-refractivity contribution is 5.27. The molecule has 0 N–H and O–H groups in total. The Bertz CT molecular complexity index is 2380. The van der Waals surface area contributed by atoms with Crippen LogP contribution in [0.2, 0.25) is 0 Å². The van der Waals surface area contributed by atoms with Crippen molar-refractivity contribution in [1.82, 2.24) is 0 Å². The van der Waals surface area contributed by atoms with Crippen molar-refractivity contribution in [3.63, 3.8) is 0 Å². The second-order valence-corrected chi connectivity index (χ2v) is 20.3. The fraction of sp³-hybridized carbons (Fsp3) is 0.441. The standard InChI is InChI=1S/C68H86O8/c1-3-4-5-6-7-8-9-10-11-12-13-14-30-41-62(71-49-56-33-22-16-23-34-56)63(72-50-60-42-44-61(69-2)45-43-60)46-47-64-66(73-51-57-35-24-17-25-36-57)68(75-53-59-39-28-19-29-40-59)67(74-52-58-37-26-18-27-38-58)65(76-64)54-70-48-55-31-20-15-21-32-55/h15-45,62-68H,3-14,46-54H2,1-2H3/b41-30+/t62-,63-,64+,65-,66+,67+,68-/m1/s1. The molecule has 0 amide bonds. The van der Waals surface area contributed by atoms with E-state index in [0.29, 0.717) is 59.1 Å². The van der Waals surface area contributed by atoms with E-state index in [0.717, 1.165) is 52.0 Å². The van der Waals surface area contributed by atoms with Crippen LogP contribution >= 0.6 is 0 Å². The van der Waals surface area contributed by atoms with Gasteiger partial charge in [0.25, 0.3) is 0 Å². The van der Waals surface area contributed by atoms with Gasteiger partial charge < -0.3 is 37.9 Å². The first-order valence-electron chi connectivity index (χ1n) is 28.5. The molecule has 0 radical (unpaired) electrons. The van der Waals surface area contributed by atoms with Gasteiger partial charge in [0, 0.05) is 0 Å². The van der Waals surface area contributed by atoms with Crippen molar-refractivity contribution in [1.29, 1.82) is 0 Å². The van der Waals surface area contributed by atoms with Gasteiger partial charge in [-0.05, 0) is 71.2 Å². The van der Waals surface area contributed by atoms with Crippen LogP contribution in [0.4, 0.5) is 0 Å². The summed E-state index contributed by atoms with van der Waals surface area (Å²) in [5, 5.41) is 0. The molecular formula is C68H86O8. The number of methoxy groups -OCH3 is 1. The highest BCUT2D eigenvalue weighted by atomic mass is 16.6. The number of benzene rings is 6. The van der Waals surface area contributed by atoms with E-state index < -0.39 is 30.5 Å². The Labute approximate surface area is 456 Å². The van der Waals surface area contributed by atoms with Crippen LogP contribution in [0.25, 0.3) is 0 Å². The molecule has 1 aliphatic heterocycles. The Morgan fingerprint density at radius 2 is 0.855 bits per heavy atom. The second-order valence-electron chi connectivity index (χ2n) is 20.3.